The van der Waals surface area contributed by atoms with Crippen molar-refractivity contribution in [3.63, 3.8) is 0 Å². The second-order valence-electron chi connectivity index (χ2n) is 4.69. The normalized spacial score (nSPS) is 18.8. The molecule has 0 bridgehead atoms. The van der Waals surface area contributed by atoms with E-state index in [9.17, 15) is 5.11 Å². The Labute approximate surface area is 103 Å². The maximum atomic E-state index is 10.7. The highest BCUT2D eigenvalue weighted by molar-refractivity contribution is 5.32. The van der Waals surface area contributed by atoms with Crippen molar-refractivity contribution in [1.82, 2.24) is 5.32 Å². The first-order valence-corrected chi connectivity index (χ1v) is 6.31. The van der Waals surface area contributed by atoms with Crippen LogP contribution in [0.15, 0.2) is 24.3 Å². The van der Waals surface area contributed by atoms with Crippen LogP contribution in [0.3, 0.4) is 0 Å². The molecule has 94 valence electrons. The van der Waals surface area contributed by atoms with Gasteiger partial charge in [0.2, 0.25) is 0 Å². The van der Waals surface area contributed by atoms with Crippen molar-refractivity contribution in [1.29, 1.82) is 0 Å². The fraction of sp³-hybridized carbons (Fsp3) is 0.571. The second-order valence-corrected chi connectivity index (χ2v) is 4.69. The van der Waals surface area contributed by atoms with Crippen molar-refractivity contribution >= 4 is 0 Å². The molecule has 1 unspecified atom stereocenters. The van der Waals surface area contributed by atoms with Crippen LogP contribution in [-0.4, -0.2) is 25.3 Å². The molecule has 0 heterocycles. The third kappa shape index (κ3) is 2.61. The number of aliphatic hydroxyl groups is 1. The monoisotopic (exact) mass is 235 g/mol. The number of nitrogens with one attached hydrogen (secondary N) is 1. The molecule has 0 radical (unpaired) electrons. The summed E-state index contributed by atoms with van der Waals surface area (Å²) in [5.74, 6) is 1.26. The van der Waals surface area contributed by atoms with Crippen LogP contribution in [0.5, 0.6) is 5.75 Å². The van der Waals surface area contributed by atoms with Crippen LogP contribution in [0.4, 0.5) is 0 Å². The number of rotatable bonds is 6. The molecule has 0 amide bonds. The maximum absolute atomic E-state index is 10.7. The lowest BCUT2D eigenvalue weighted by atomic mass is 9.88. The molecule has 3 nitrogen and oxygen atoms in total. The first-order valence-electron chi connectivity index (χ1n) is 6.31. The third-order valence-corrected chi connectivity index (χ3v) is 3.36. The van der Waals surface area contributed by atoms with E-state index in [1.54, 1.807) is 0 Å². The van der Waals surface area contributed by atoms with E-state index in [2.05, 4.69) is 5.32 Å². The lowest BCUT2D eigenvalue weighted by Crippen LogP contribution is -2.38. The molecule has 0 spiro atoms. The number of benzene rings is 1. The van der Waals surface area contributed by atoms with Gasteiger partial charge >= 0.3 is 0 Å². The molecule has 1 fully saturated rings. The van der Waals surface area contributed by atoms with Gasteiger partial charge in [-0.3, -0.25) is 0 Å². The third-order valence-electron chi connectivity index (χ3n) is 3.36. The Hall–Kier alpha value is -1.06. The van der Waals surface area contributed by atoms with Crippen LogP contribution in [0.2, 0.25) is 0 Å². The summed E-state index contributed by atoms with van der Waals surface area (Å²) in [5, 5.41) is 13.8. The van der Waals surface area contributed by atoms with Crippen molar-refractivity contribution in [2.24, 2.45) is 5.92 Å². The summed E-state index contributed by atoms with van der Waals surface area (Å²) in [6.45, 7) is 3.24. The summed E-state index contributed by atoms with van der Waals surface area (Å²) < 4.78 is 5.41. The van der Waals surface area contributed by atoms with E-state index in [-0.39, 0.29) is 0 Å². The average Bonchev–Trinajstić information content (AvgIpc) is 3.15. The van der Waals surface area contributed by atoms with Gasteiger partial charge in [0.15, 0.2) is 0 Å². The minimum absolute atomic E-state index is 0.396. The number of hydrogen-bond acceptors (Lipinski definition) is 3. The Bertz CT molecular complexity index is 359. The first kappa shape index (κ1) is 12.4. The Morgan fingerprint density at radius 1 is 1.35 bits per heavy atom. The van der Waals surface area contributed by atoms with Gasteiger partial charge in [0.1, 0.15) is 11.4 Å². The molecule has 1 aromatic carbocycles. The van der Waals surface area contributed by atoms with E-state index in [1.807, 2.05) is 38.2 Å². The molecule has 1 aliphatic carbocycles. The molecule has 1 aliphatic rings. The predicted molar refractivity (Wildman–Crippen MR) is 68.2 cm³/mol. The van der Waals surface area contributed by atoms with Crippen molar-refractivity contribution < 1.29 is 9.84 Å². The fourth-order valence-corrected chi connectivity index (χ4v) is 2.32. The van der Waals surface area contributed by atoms with Gasteiger partial charge in [-0.2, -0.15) is 0 Å². The van der Waals surface area contributed by atoms with E-state index < -0.39 is 5.60 Å². The Morgan fingerprint density at radius 2 is 2.00 bits per heavy atom. The van der Waals surface area contributed by atoms with Gasteiger partial charge in [-0.1, -0.05) is 12.1 Å². The summed E-state index contributed by atoms with van der Waals surface area (Å²) in [5.41, 5.74) is 0.261. The molecule has 0 saturated heterocycles. The maximum Gasteiger partial charge on any atom is 0.119 e. The standard InChI is InChI=1S/C14H21NO2/c1-3-17-13-8-6-12(7-9-13)14(16,10-15-2)11-4-5-11/h6-9,11,15-16H,3-5,10H2,1-2H3. The van der Waals surface area contributed by atoms with Crippen LogP contribution < -0.4 is 10.1 Å². The van der Waals surface area contributed by atoms with E-state index in [0.717, 1.165) is 24.2 Å². The van der Waals surface area contributed by atoms with Crippen molar-refractivity contribution in [3.8, 4) is 5.75 Å². The molecule has 2 N–H and O–H groups in total. The molecule has 1 saturated carbocycles. The lowest BCUT2D eigenvalue weighted by Gasteiger charge is -2.28. The highest BCUT2D eigenvalue weighted by atomic mass is 16.5. The summed E-state index contributed by atoms with van der Waals surface area (Å²) >= 11 is 0. The van der Waals surface area contributed by atoms with E-state index in [0.29, 0.717) is 19.1 Å². The quantitative estimate of drug-likeness (QED) is 0.791. The number of hydrogen-bond donors (Lipinski definition) is 2. The number of ether oxygens (including phenoxy) is 1. The average molecular weight is 235 g/mol. The van der Waals surface area contributed by atoms with Gasteiger partial charge in [-0.25, -0.2) is 0 Å². The van der Waals surface area contributed by atoms with Gasteiger partial charge in [-0.15, -0.1) is 0 Å². The van der Waals surface area contributed by atoms with Gasteiger partial charge in [0, 0.05) is 6.54 Å². The van der Waals surface area contributed by atoms with Gasteiger partial charge in [0.05, 0.1) is 6.61 Å². The molecule has 2 rings (SSSR count). The zero-order valence-electron chi connectivity index (χ0n) is 10.6. The zero-order chi connectivity index (χ0) is 12.3. The highest BCUT2D eigenvalue weighted by Crippen LogP contribution is 2.45. The first-order chi connectivity index (χ1) is 8.20. The molecule has 0 aliphatic heterocycles. The minimum atomic E-state index is -0.723. The summed E-state index contributed by atoms with van der Waals surface area (Å²) in [7, 11) is 1.88. The van der Waals surface area contributed by atoms with Crippen molar-refractivity contribution in [3.05, 3.63) is 29.8 Å². The molecular formula is C14H21NO2. The van der Waals surface area contributed by atoms with Crippen LogP contribution in [0.1, 0.15) is 25.3 Å². The van der Waals surface area contributed by atoms with Crippen LogP contribution >= 0.6 is 0 Å². The second kappa shape index (κ2) is 5.07. The van der Waals surface area contributed by atoms with E-state index in [4.69, 9.17) is 4.74 Å². The van der Waals surface area contributed by atoms with Gasteiger partial charge in [-0.05, 0) is 50.4 Å². The molecule has 1 aromatic rings. The Kier molecular flexibility index (Phi) is 3.69. The minimum Gasteiger partial charge on any atom is -0.494 e. The summed E-state index contributed by atoms with van der Waals surface area (Å²) in [6, 6.07) is 7.81. The smallest absolute Gasteiger partial charge is 0.119 e. The molecule has 3 heteroatoms. The Balaban J connectivity index is 2.18. The molecular weight excluding hydrogens is 214 g/mol. The van der Waals surface area contributed by atoms with Crippen LogP contribution in [-0.2, 0) is 5.60 Å². The van der Waals surface area contributed by atoms with Crippen LogP contribution in [0, 0.1) is 5.92 Å². The fourth-order valence-electron chi connectivity index (χ4n) is 2.32. The van der Waals surface area contributed by atoms with Crippen molar-refractivity contribution in [2.75, 3.05) is 20.2 Å². The molecule has 17 heavy (non-hydrogen) atoms. The Morgan fingerprint density at radius 3 is 2.47 bits per heavy atom. The highest BCUT2D eigenvalue weighted by Gasteiger charge is 2.44. The van der Waals surface area contributed by atoms with Crippen LogP contribution in [0.25, 0.3) is 0 Å². The van der Waals surface area contributed by atoms with E-state index in [1.165, 1.54) is 0 Å². The van der Waals surface area contributed by atoms with Gasteiger partial charge < -0.3 is 15.2 Å². The van der Waals surface area contributed by atoms with Crippen molar-refractivity contribution in [2.45, 2.75) is 25.4 Å². The molecule has 0 aromatic heterocycles. The summed E-state index contributed by atoms with van der Waals surface area (Å²) in [4.78, 5) is 0. The molecule has 1 atom stereocenters. The predicted octanol–water partition coefficient (Wildman–Crippen LogP) is 1.90. The SMILES string of the molecule is CCOc1ccc(C(O)(CNC)C2CC2)cc1. The number of likely N-dealkylation sites (N-methyl/N-ethyl adjacent to an activating group) is 1. The lowest BCUT2D eigenvalue weighted by molar-refractivity contribution is 0.0153. The van der Waals surface area contributed by atoms with E-state index >= 15 is 0 Å². The topological polar surface area (TPSA) is 41.5 Å². The largest absolute Gasteiger partial charge is 0.494 e. The summed E-state index contributed by atoms with van der Waals surface area (Å²) in [6.07, 6.45) is 2.23. The van der Waals surface area contributed by atoms with Gasteiger partial charge in [0.25, 0.3) is 0 Å². The zero-order valence-corrected chi connectivity index (χ0v) is 10.6.